The van der Waals surface area contributed by atoms with E-state index in [0.717, 1.165) is 27.4 Å². The molecule has 8 heteroatoms. The van der Waals surface area contributed by atoms with Crippen LogP contribution in [-0.2, 0) is 9.59 Å². The van der Waals surface area contributed by atoms with Crippen molar-refractivity contribution in [1.29, 1.82) is 0 Å². The lowest BCUT2D eigenvalue weighted by atomic mass is 10.1. The minimum atomic E-state index is -0.775. The lowest BCUT2D eigenvalue weighted by Crippen LogP contribution is -2.54. The SMILES string of the molecule is Cc1cc(C)cc(N2C(=O)NC(=O)/C(=C\c3cc(C)n(-c4cc(Cl)ccc4Cl)c3C)C2=O)c1. The van der Waals surface area contributed by atoms with Crippen molar-refractivity contribution in [2.24, 2.45) is 0 Å². The first-order chi connectivity index (χ1) is 15.6. The number of hydrogen-bond donors (Lipinski definition) is 1. The van der Waals surface area contributed by atoms with Gasteiger partial charge in [-0.1, -0.05) is 29.3 Å². The number of barbiturate groups is 1. The highest BCUT2D eigenvalue weighted by atomic mass is 35.5. The van der Waals surface area contributed by atoms with Gasteiger partial charge in [0, 0.05) is 16.4 Å². The van der Waals surface area contributed by atoms with Gasteiger partial charge in [0.1, 0.15) is 5.57 Å². The summed E-state index contributed by atoms with van der Waals surface area (Å²) in [6.07, 6.45) is 1.50. The van der Waals surface area contributed by atoms with Crippen LogP contribution in [0.3, 0.4) is 0 Å². The second kappa shape index (κ2) is 8.54. The second-order valence-corrected chi connectivity index (χ2v) is 8.91. The molecule has 1 aliphatic rings. The number of aromatic nitrogens is 1. The standard InChI is InChI=1S/C25H21Cl2N3O3/c1-13-7-14(2)9-19(8-13)30-24(32)20(23(31)28-25(30)33)11-17-10-15(3)29(16(17)4)22-12-18(26)5-6-21(22)27/h5-12H,1-4H3,(H,28,31,33)/b20-11+. The molecule has 2 heterocycles. The average molecular weight is 482 g/mol. The van der Waals surface area contributed by atoms with Crippen LogP contribution < -0.4 is 10.2 Å². The summed E-state index contributed by atoms with van der Waals surface area (Å²) < 4.78 is 1.90. The Morgan fingerprint density at radius 1 is 0.879 bits per heavy atom. The topological polar surface area (TPSA) is 71.4 Å². The average Bonchev–Trinajstić information content (AvgIpc) is 2.99. The molecule has 168 valence electrons. The quantitative estimate of drug-likeness (QED) is 0.386. The van der Waals surface area contributed by atoms with Gasteiger partial charge in [-0.2, -0.15) is 0 Å². The van der Waals surface area contributed by atoms with Crippen molar-refractivity contribution < 1.29 is 14.4 Å². The maximum atomic E-state index is 13.3. The van der Waals surface area contributed by atoms with Gasteiger partial charge in [-0.25, -0.2) is 9.69 Å². The number of benzene rings is 2. The lowest BCUT2D eigenvalue weighted by Gasteiger charge is -2.27. The zero-order chi connectivity index (χ0) is 24.0. The predicted octanol–water partition coefficient (Wildman–Crippen LogP) is 5.68. The Balaban J connectivity index is 1.80. The van der Waals surface area contributed by atoms with Crippen molar-refractivity contribution in [1.82, 2.24) is 9.88 Å². The molecule has 1 saturated heterocycles. The van der Waals surface area contributed by atoms with Crippen LogP contribution in [0.15, 0.2) is 48.0 Å². The van der Waals surface area contributed by atoms with E-state index in [1.54, 1.807) is 30.3 Å². The number of nitrogens with one attached hydrogen (secondary N) is 1. The van der Waals surface area contributed by atoms with Crippen molar-refractivity contribution in [2.45, 2.75) is 27.7 Å². The first-order valence-electron chi connectivity index (χ1n) is 10.2. The van der Waals surface area contributed by atoms with E-state index < -0.39 is 17.8 Å². The Morgan fingerprint density at radius 3 is 2.21 bits per heavy atom. The summed E-state index contributed by atoms with van der Waals surface area (Å²) in [6, 6.07) is 11.6. The number of imide groups is 2. The molecule has 0 saturated carbocycles. The summed E-state index contributed by atoms with van der Waals surface area (Å²) in [5, 5.41) is 3.32. The summed E-state index contributed by atoms with van der Waals surface area (Å²) in [5.74, 6) is -1.42. The molecular weight excluding hydrogens is 461 g/mol. The molecule has 2 aromatic carbocycles. The highest BCUT2D eigenvalue weighted by Gasteiger charge is 2.37. The highest BCUT2D eigenvalue weighted by Crippen LogP contribution is 2.31. The zero-order valence-electron chi connectivity index (χ0n) is 18.5. The number of hydrogen-bond acceptors (Lipinski definition) is 3. The van der Waals surface area contributed by atoms with Crippen LogP contribution in [0.1, 0.15) is 28.1 Å². The summed E-state index contributed by atoms with van der Waals surface area (Å²) in [5.41, 5.74) is 5.02. The Labute approximate surface area is 201 Å². The molecule has 0 aliphatic carbocycles. The van der Waals surface area contributed by atoms with Gasteiger partial charge in [0.05, 0.1) is 16.4 Å². The molecule has 0 radical (unpaired) electrons. The molecular formula is C25H21Cl2N3O3. The molecule has 4 amide bonds. The monoisotopic (exact) mass is 481 g/mol. The Bertz CT molecular complexity index is 1350. The number of carbonyl (C=O) groups excluding carboxylic acids is 3. The molecule has 3 aromatic rings. The number of anilines is 1. The summed E-state index contributed by atoms with van der Waals surface area (Å²) in [4.78, 5) is 39.4. The first kappa shape index (κ1) is 22.8. The van der Waals surface area contributed by atoms with Crippen LogP contribution >= 0.6 is 23.2 Å². The van der Waals surface area contributed by atoms with E-state index in [1.165, 1.54) is 6.08 Å². The van der Waals surface area contributed by atoms with Gasteiger partial charge in [0.15, 0.2) is 0 Å². The van der Waals surface area contributed by atoms with Crippen LogP contribution in [0.2, 0.25) is 10.0 Å². The van der Waals surface area contributed by atoms with Gasteiger partial charge < -0.3 is 4.57 Å². The number of urea groups is 1. The van der Waals surface area contributed by atoms with Crippen LogP contribution in [0.4, 0.5) is 10.5 Å². The summed E-state index contributed by atoms with van der Waals surface area (Å²) in [7, 11) is 0. The van der Waals surface area contributed by atoms with E-state index >= 15 is 0 Å². The molecule has 1 aliphatic heterocycles. The molecule has 4 rings (SSSR count). The highest BCUT2D eigenvalue weighted by molar-refractivity contribution is 6.39. The van der Waals surface area contributed by atoms with Crippen molar-refractivity contribution >= 4 is 52.8 Å². The molecule has 1 aromatic heterocycles. The van der Waals surface area contributed by atoms with E-state index in [1.807, 2.05) is 44.4 Å². The number of aryl methyl sites for hydroxylation is 3. The zero-order valence-corrected chi connectivity index (χ0v) is 20.0. The first-order valence-corrected chi connectivity index (χ1v) is 11.0. The maximum absolute atomic E-state index is 13.3. The third-order valence-corrected chi connectivity index (χ3v) is 6.04. The van der Waals surface area contributed by atoms with Crippen LogP contribution in [0, 0.1) is 27.7 Å². The molecule has 1 fully saturated rings. The van der Waals surface area contributed by atoms with Crippen LogP contribution in [0.25, 0.3) is 11.8 Å². The van der Waals surface area contributed by atoms with Gasteiger partial charge in [-0.15, -0.1) is 0 Å². The normalized spacial score (nSPS) is 15.4. The Morgan fingerprint density at radius 2 is 1.55 bits per heavy atom. The fourth-order valence-electron chi connectivity index (χ4n) is 4.09. The summed E-state index contributed by atoms with van der Waals surface area (Å²) in [6.45, 7) is 7.50. The summed E-state index contributed by atoms with van der Waals surface area (Å²) >= 11 is 12.6. The van der Waals surface area contributed by atoms with Crippen molar-refractivity contribution in [3.63, 3.8) is 0 Å². The van der Waals surface area contributed by atoms with E-state index in [4.69, 9.17) is 23.2 Å². The van der Waals surface area contributed by atoms with Crippen LogP contribution in [-0.4, -0.2) is 22.4 Å². The Hall–Kier alpha value is -3.35. The molecule has 0 unspecified atom stereocenters. The fourth-order valence-corrected chi connectivity index (χ4v) is 4.46. The van der Waals surface area contributed by atoms with Crippen LogP contribution in [0.5, 0.6) is 0 Å². The maximum Gasteiger partial charge on any atom is 0.335 e. The molecule has 6 nitrogen and oxygen atoms in total. The number of rotatable bonds is 3. The molecule has 0 spiro atoms. The van der Waals surface area contributed by atoms with E-state index in [2.05, 4.69) is 5.32 Å². The van der Waals surface area contributed by atoms with Gasteiger partial charge in [0.2, 0.25) is 0 Å². The van der Waals surface area contributed by atoms with E-state index in [-0.39, 0.29) is 5.57 Å². The van der Waals surface area contributed by atoms with Crippen molar-refractivity contribution in [3.05, 3.63) is 86.2 Å². The second-order valence-electron chi connectivity index (χ2n) is 8.06. The van der Waals surface area contributed by atoms with Gasteiger partial charge in [-0.3, -0.25) is 14.9 Å². The third kappa shape index (κ3) is 4.19. The minimum Gasteiger partial charge on any atom is -0.316 e. The number of nitrogens with zero attached hydrogens (tertiary/aromatic N) is 2. The number of halogens is 2. The Kier molecular flexibility index (Phi) is 5.91. The smallest absolute Gasteiger partial charge is 0.316 e. The predicted molar refractivity (Wildman–Crippen MR) is 130 cm³/mol. The lowest BCUT2D eigenvalue weighted by molar-refractivity contribution is -0.122. The fraction of sp³-hybridized carbons (Fsp3) is 0.160. The molecule has 0 bridgehead atoms. The van der Waals surface area contributed by atoms with E-state index in [9.17, 15) is 14.4 Å². The van der Waals surface area contributed by atoms with Gasteiger partial charge in [0.25, 0.3) is 11.8 Å². The third-order valence-electron chi connectivity index (χ3n) is 5.49. The molecule has 33 heavy (non-hydrogen) atoms. The largest absolute Gasteiger partial charge is 0.335 e. The van der Waals surface area contributed by atoms with E-state index in [0.29, 0.717) is 27.0 Å². The number of amides is 4. The van der Waals surface area contributed by atoms with Crippen molar-refractivity contribution in [3.8, 4) is 5.69 Å². The minimum absolute atomic E-state index is 0.133. The van der Waals surface area contributed by atoms with Gasteiger partial charge in [-0.05, 0) is 86.9 Å². The molecule has 0 atom stereocenters. The van der Waals surface area contributed by atoms with Gasteiger partial charge >= 0.3 is 6.03 Å². The molecule has 1 N–H and O–H groups in total. The van der Waals surface area contributed by atoms with Crippen molar-refractivity contribution in [2.75, 3.05) is 4.90 Å². The number of carbonyl (C=O) groups is 3.